The van der Waals surface area contributed by atoms with Crippen molar-refractivity contribution in [2.45, 2.75) is 46.2 Å². The van der Waals surface area contributed by atoms with Crippen LogP contribution in [-0.2, 0) is 0 Å². The molecule has 0 saturated carbocycles. The molecule has 108 valence electrons. The van der Waals surface area contributed by atoms with Crippen molar-refractivity contribution < 1.29 is 4.39 Å². The summed E-state index contributed by atoms with van der Waals surface area (Å²) in [6.45, 7) is 10.7. The van der Waals surface area contributed by atoms with Gasteiger partial charge in [-0.1, -0.05) is 20.8 Å². The van der Waals surface area contributed by atoms with E-state index in [4.69, 9.17) is 5.73 Å². The van der Waals surface area contributed by atoms with E-state index in [1.54, 1.807) is 6.07 Å². The van der Waals surface area contributed by atoms with Crippen molar-refractivity contribution in [3.63, 3.8) is 0 Å². The fourth-order valence-corrected chi connectivity index (χ4v) is 2.24. The highest BCUT2D eigenvalue weighted by molar-refractivity contribution is 5.10. The maximum absolute atomic E-state index is 12.9. The molecule has 1 aromatic rings. The van der Waals surface area contributed by atoms with Crippen molar-refractivity contribution in [1.29, 1.82) is 0 Å². The molecule has 0 saturated heterocycles. The Kier molecular flexibility index (Phi) is 6.38. The zero-order chi connectivity index (χ0) is 14.4. The Hall–Kier alpha value is -1.00. The Morgan fingerprint density at radius 1 is 1.32 bits per heavy atom. The van der Waals surface area contributed by atoms with Gasteiger partial charge in [0.25, 0.3) is 0 Å². The molecule has 0 radical (unpaired) electrons. The number of halogens is 1. The lowest BCUT2D eigenvalue weighted by atomic mass is 9.98. The van der Waals surface area contributed by atoms with Gasteiger partial charge in [-0.2, -0.15) is 0 Å². The van der Waals surface area contributed by atoms with Crippen LogP contribution in [0.25, 0.3) is 0 Å². The topological polar surface area (TPSA) is 42.1 Å². The molecule has 2 N–H and O–H groups in total. The standard InChI is InChI=1S/C15H26FN3/c1-5-12(4)19(6-2)10-11(3)15(17)14-8-7-13(16)9-18-14/h7-9,11-12,15H,5-6,10,17H2,1-4H3. The summed E-state index contributed by atoms with van der Waals surface area (Å²) in [5.41, 5.74) is 6.98. The first kappa shape index (κ1) is 16.1. The number of nitrogens with two attached hydrogens (primary N) is 1. The molecular weight excluding hydrogens is 241 g/mol. The SMILES string of the molecule is CCC(C)N(CC)CC(C)C(N)c1ccc(F)cn1. The minimum absolute atomic E-state index is 0.154. The molecule has 0 amide bonds. The summed E-state index contributed by atoms with van der Waals surface area (Å²) in [5.74, 6) is -0.0368. The monoisotopic (exact) mass is 267 g/mol. The number of aromatic nitrogens is 1. The van der Waals surface area contributed by atoms with Crippen LogP contribution in [0, 0.1) is 11.7 Å². The zero-order valence-electron chi connectivity index (χ0n) is 12.4. The molecule has 0 aromatic carbocycles. The lowest BCUT2D eigenvalue weighted by Gasteiger charge is -2.31. The maximum atomic E-state index is 12.9. The highest BCUT2D eigenvalue weighted by atomic mass is 19.1. The van der Waals surface area contributed by atoms with Crippen molar-refractivity contribution in [3.05, 3.63) is 29.8 Å². The van der Waals surface area contributed by atoms with Crippen LogP contribution in [0.1, 0.15) is 45.9 Å². The number of hydrogen-bond acceptors (Lipinski definition) is 3. The van der Waals surface area contributed by atoms with Crippen molar-refractivity contribution in [2.24, 2.45) is 11.7 Å². The van der Waals surface area contributed by atoms with Crippen molar-refractivity contribution >= 4 is 0 Å². The van der Waals surface area contributed by atoms with Crippen molar-refractivity contribution in [2.75, 3.05) is 13.1 Å². The summed E-state index contributed by atoms with van der Waals surface area (Å²) in [4.78, 5) is 6.50. The van der Waals surface area contributed by atoms with E-state index in [1.807, 2.05) is 0 Å². The number of hydrogen-bond donors (Lipinski definition) is 1. The summed E-state index contributed by atoms with van der Waals surface area (Å²) < 4.78 is 12.9. The summed E-state index contributed by atoms with van der Waals surface area (Å²) in [6, 6.07) is 3.50. The third-order valence-electron chi connectivity index (χ3n) is 3.85. The van der Waals surface area contributed by atoms with Gasteiger partial charge in [-0.25, -0.2) is 4.39 Å². The second kappa shape index (κ2) is 7.56. The molecule has 1 aromatic heterocycles. The number of pyridine rings is 1. The van der Waals surface area contributed by atoms with Gasteiger partial charge in [-0.05, 0) is 37.9 Å². The quantitative estimate of drug-likeness (QED) is 0.826. The lowest BCUT2D eigenvalue weighted by Crippen LogP contribution is -2.39. The van der Waals surface area contributed by atoms with Gasteiger partial charge in [-0.15, -0.1) is 0 Å². The minimum atomic E-state index is -0.321. The minimum Gasteiger partial charge on any atom is -0.322 e. The molecule has 3 nitrogen and oxygen atoms in total. The zero-order valence-corrected chi connectivity index (χ0v) is 12.4. The van der Waals surface area contributed by atoms with E-state index in [9.17, 15) is 4.39 Å². The fraction of sp³-hybridized carbons (Fsp3) is 0.667. The Morgan fingerprint density at radius 3 is 2.47 bits per heavy atom. The molecule has 0 fully saturated rings. The Labute approximate surface area is 116 Å². The van der Waals surface area contributed by atoms with Gasteiger partial charge in [0.05, 0.1) is 17.9 Å². The summed E-state index contributed by atoms with van der Waals surface area (Å²) >= 11 is 0. The van der Waals surface area contributed by atoms with E-state index in [0.717, 1.165) is 25.2 Å². The molecular formula is C15H26FN3. The van der Waals surface area contributed by atoms with E-state index in [2.05, 4.69) is 37.6 Å². The average molecular weight is 267 g/mol. The van der Waals surface area contributed by atoms with Crippen LogP contribution >= 0.6 is 0 Å². The first-order chi connectivity index (χ1) is 8.99. The molecule has 1 heterocycles. The average Bonchev–Trinajstić information content (AvgIpc) is 2.43. The third kappa shape index (κ3) is 4.55. The second-order valence-electron chi connectivity index (χ2n) is 5.25. The molecule has 0 aliphatic heterocycles. The van der Waals surface area contributed by atoms with Gasteiger partial charge in [0.1, 0.15) is 5.82 Å². The summed E-state index contributed by atoms with van der Waals surface area (Å²) in [6.07, 6.45) is 2.36. The van der Waals surface area contributed by atoms with Crippen LogP contribution in [0.3, 0.4) is 0 Å². The normalized spacial score (nSPS) is 16.4. The van der Waals surface area contributed by atoms with Crippen LogP contribution in [0.15, 0.2) is 18.3 Å². The Bertz CT molecular complexity index is 366. The Balaban J connectivity index is 2.65. The van der Waals surface area contributed by atoms with Crippen molar-refractivity contribution in [1.82, 2.24) is 9.88 Å². The van der Waals surface area contributed by atoms with Crippen LogP contribution in [0.2, 0.25) is 0 Å². The van der Waals surface area contributed by atoms with Crippen LogP contribution in [-0.4, -0.2) is 29.0 Å². The van der Waals surface area contributed by atoms with Gasteiger partial charge >= 0.3 is 0 Å². The number of rotatable bonds is 7. The Morgan fingerprint density at radius 2 is 2.00 bits per heavy atom. The molecule has 3 unspecified atom stereocenters. The first-order valence-electron chi connectivity index (χ1n) is 7.10. The predicted molar refractivity (Wildman–Crippen MR) is 77.3 cm³/mol. The summed E-state index contributed by atoms with van der Waals surface area (Å²) in [5, 5.41) is 0. The van der Waals surface area contributed by atoms with Crippen LogP contribution in [0.4, 0.5) is 4.39 Å². The molecule has 19 heavy (non-hydrogen) atoms. The molecule has 0 aliphatic carbocycles. The van der Waals surface area contributed by atoms with Crippen LogP contribution < -0.4 is 5.73 Å². The van der Waals surface area contributed by atoms with Gasteiger partial charge < -0.3 is 10.6 Å². The first-order valence-corrected chi connectivity index (χ1v) is 7.10. The van der Waals surface area contributed by atoms with E-state index in [-0.39, 0.29) is 17.8 Å². The molecule has 0 aliphatic rings. The molecule has 4 heteroatoms. The van der Waals surface area contributed by atoms with E-state index >= 15 is 0 Å². The smallest absolute Gasteiger partial charge is 0.141 e. The van der Waals surface area contributed by atoms with Gasteiger partial charge in [0.2, 0.25) is 0 Å². The van der Waals surface area contributed by atoms with E-state index in [1.165, 1.54) is 12.3 Å². The largest absolute Gasteiger partial charge is 0.322 e. The van der Waals surface area contributed by atoms with Gasteiger partial charge in [0.15, 0.2) is 0 Å². The molecule has 0 spiro atoms. The maximum Gasteiger partial charge on any atom is 0.141 e. The summed E-state index contributed by atoms with van der Waals surface area (Å²) in [7, 11) is 0. The predicted octanol–water partition coefficient (Wildman–Crippen LogP) is 2.98. The van der Waals surface area contributed by atoms with Gasteiger partial charge in [0, 0.05) is 12.6 Å². The van der Waals surface area contributed by atoms with Crippen LogP contribution in [0.5, 0.6) is 0 Å². The third-order valence-corrected chi connectivity index (χ3v) is 3.85. The van der Waals surface area contributed by atoms with Crippen molar-refractivity contribution in [3.8, 4) is 0 Å². The lowest BCUT2D eigenvalue weighted by molar-refractivity contribution is 0.175. The highest BCUT2D eigenvalue weighted by Gasteiger charge is 2.20. The molecule has 1 rings (SSSR count). The van der Waals surface area contributed by atoms with E-state index < -0.39 is 0 Å². The molecule has 3 atom stereocenters. The molecule has 0 bridgehead atoms. The highest BCUT2D eigenvalue weighted by Crippen LogP contribution is 2.20. The number of nitrogens with zero attached hydrogens (tertiary/aromatic N) is 2. The fourth-order valence-electron chi connectivity index (χ4n) is 2.24. The van der Waals surface area contributed by atoms with Gasteiger partial charge in [-0.3, -0.25) is 4.98 Å². The second-order valence-corrected chi connectivity index (χ2v) is 5.25. The van der Waals surface area contributed by atoms with E-state index in [0.29, 0.717) is 6.04 Å².